The van der Waals surface area contributed by atoms with Gasteiger partial charge >= 0.3 is 0 Å². The van der Waals surface area contributed by atoms with Crippen molar-refractivity contribution < 1.29 is 22.2 Å². The molecule has 10 aromatic rings. The first kappa shape index (κ1) is 18.2. The maximum absolute atomic E-state index is 10.1. The summed E-state index contributed by atoms with van der Waals surface area (Å²) in [6.45, 7) is 0. The first-order chi connectivity index (χ1) is 30.2. The lowest BCUT2D eigenvalue weighted by Crippen LogP contribution is -2.10. The van der Waals surface area contributed by atoms with Gasteiger partial charge in [-0.25, -0.2) is 0 Å². The molecule has 0 aliphatic rings. The van der Waals surface area contributed by atoms with Crippen LogP contribution in [0.2, 0.25) is 0 Å². The summed E-state index contributed by atoms with van der Waals surface area (Å²) in [5.74, 6) is 0. The Bertz CT molecular complexity index is 3470. The Kier molecular flexibility index (Phi) is 4.19. The average Bonchev–Trinajstić information content (AvgIpc) is 3.72. The van der Waals surface area contributed by atoms with Gasteiger partial charge in [-0.15, -0.1) is 0 Å². The van der Waals surface area contributed by atoms with Crippen LogP contribution in [0.15, 0.2) is 192 Å². The molecule has 0 fully saturated rings. The van der Waals surface area contributed by atoms with E-state index in [2.05, 4.69) is 0 Å². The molecule has 50 heavy (non-hydrogen) atoms. The van der Waals surface area contributed by atoms with Crippen LogP contribution in [0.4, 0.5) is 17.1 Å². The Morgan fingerprint density at radius 1 is 0.360 bits per heavy atom. The molecule has 0 amide bonds. The van der Waals surface area contributed by atoms with Gasteiger partial charge in [-0.05, 0) is 104 Å². The van der Waals surface area contributed by atoms with Gasteiger partial charge in [0.25, 0.3) is 0 Å². The van der Waals surface area contributed by atoms with E-state index >= 15 is 0 Å². The summed E-state index contributed by atoms with van der Waals surface area (Å²) in [6.07, 6.45) is 0. The van der Waals surface area contributed by atoms with E-state index < -0.39 is 72.5 Å². The number of hydrogen-bond acceptors (Lipinski definition) is 2. The van der Waals surface area contributed by atoms with Crippen molar-refractivity contribution in [2.24, 2.45) is 0 Å². The van der Waals surface area contributed by atoms with Gasteiger partial charge in [0.15, 0.2) is 0 Å². The molecule has 0 radical (unpaired) electrons. The highest BCUT2D eigenvalue weighted by Gasteiger charge is 2.19. The fraction of sp³-hybridized carbons (Fsp3) is 0. The van der Waals surface area contributed by atoms with E-state index in [1.165, 1.54) is 0 Å². The zero-order chi connectivity index (χ0) is 44.3. The Morgan fingerprint density at radius 2 is 0.860 bits per heavy atom. The minimum atomic E-state index is -0.647. The van der Waals surface area contributed by atoms with Gasteiger partial charge in [0.05, 0.1) is 17.8 Å². The summed E-state index contributed by atoms with van der Waals surface area (Å²) >= 11 is 0. The van der Waals surface area contributed by atoms with Gasteiger partial charge in [0, 0.05) is 33.2 Å². The highest BCUT2D eigenvalue weighted by atomic mass is 16.3. The molecule has 0 saturated carbocycles. The minimum Gasteiger partial charge on any atom is -0.456 e. The molecule has 1 aromatic heterocycles. The van der Waals surface area contributed by atoms with Crippen LogP contribution >= 0.6 is 0 Å². The fourth-order valence-corrected chi connectivity index (χ4v) is 6.74. The summed E-state index contributed by atoms with van der Waals surface area (Å²) in [4.78, 5) is 1.66. The van der Waals surface area contributed by atoms with Crippen molar-refractivity contribution >= 4 is 71.3 Å². The monoisotopic (exact) mass is 650 g/mol. The first-order valence-electron chi connectivity index (χ1n) is 22.5. The number of furan rings is 1. The summed E-state index contributed by atoms with van der Waals surface area (Å²) in [7, 11) is 0. The summed E-state index contributed by atoms with van der Waals surface area (Å²) < 4.78 is 125. The first-order valence-corrected chi connectivity index (χ1v) is 16.0. The predicted molar refractivity (Wildman–Crippen MR) is 212 cm³/mol. The molecule has 9 aromatic carbocycles. The van der Waals surface area contributed by atoms with Crippen LogP contribution in [-0.4, -0.2) is 0 Å². The van der Waals surface area contributed by atoms with Crippen LogP contribution < -0.4 is 4.90 Å². The van der Waals surface area contributed by atoms with Crippen LogP contribution in [-0.2, 0) is 0 Å². The number of hydrogen-bond donors (Lipinski definition) is 0. The molecule has 234 valence electrons. The second-order valence-electron chi connectivity index (χ2n) is 11.9. The van der Waals surface area contributed by atoms with Crippen LogP contribution in [0, 0.1) is 0 Å². The molecule has 2 heteroatoms. The molecule has 0 aliphatic heterocycles. The number of rotatable bonds is 5. The lowest BCUT2D eigenvalue weighted by molar-refractivity contribution is 0.669. The second kappa shape index (κ2) is 11.5. The largest absolute Gasteiger partial charge is 0.456 e. The van der Waals surface area contributed by atoms with E-state index in [4.69, 9.17) is 14.0 Å². The van der Waals surface area contributed by atoms with Crippen LogP contribution in [0.3, 0.4) is 0 Å². The Balaban J connectivity index is 1.38. The molecule has 0 atom stereocenters. The summed E-state index contributed by atoms with van der Waals surface area (Å²) in [5.41, 5.74) is 4.06. The third kappa shape index (κ3) is 4.57. The molecular weight excluding hydrogens is 607 g/mol. The zero-order valence-corrected chi connectivity index (χ0v) is 26.2. The highest BCUT2D eigenvalue weighted by molar-refractivity contribution is 6.34. The summed E-state index contributed by atoms with van der Waals surface area (Å²) in [6, 6.07) is 27.3. The van der Waals surface area contributed by atoms with Crippen molar-refractivity contribution in [3.05, 3.63) is 188 Å². The van der Waals surface area contributed by atoms with Crippen LogP contribution in [0.5, 0.6) is 0 Å². The van der Waals surface area contributed by atoms with Crippen molar-refractivity contribution in [2.45, 2.75) is 0 Å². The van der Waals surface area contributed by atoms with Crippen molar-refractivity contribution in [2.75, 3.05) is 4.90 Å². The molecule has 0 bridgehead atoms. The van der Waals surface area contributed by atoms with Crippen LogP contribution in [0.1, 0.15) is 17.8 Å². The zero-order valence-electron chi connectivity index (χ0n) is 39.2. The maximum atomic E-state index is 10.1. The number of fused-ring (bicyclic) bond motifs is 10. The second-order valence-corrected chi connectivity index (χ2v) is 11.9. The topological polar surface area (TPSA) is 16.4 Å². The molecule has 0 saturated heterocycles. The highest BCUT2D eigenvalue weighted by Crippen LogP contribution is 2.45. The molecule has 0 spiro atoms. The van der Waals surface area contributed by atoms with Crippen molar-refractivity contribution in [1.29, 1.82) is 0 Å². The van der Waals surface area contributed by atoms with Gasteiger partial charge < -0.3 is 9.32 Å². The van der Waals surface area contributed by atoms with Gasteiger partial charge in [-0.3, -0.25) is 0 Å². The Morgan fingerprint density at radius 3 is 1.50 bits per heavy atom. The van der Waals surface area contributed by atoms with Crippen molar-refractivity contribution in [3.63, 3.8) is 0 Å². The van der Waals surface area contributed by atoms with E-state index in [0.29, 0.717) is 11.4 Å². The smallest absolute Gasteiger partial charge is 0.136 e. The Labute approximate surface area is 308 Å². The standard InChI is InChI=1S/C48H31NO/c1-3-11-32(12-4-1)34-19-23-36(24-20-34)49(37-25-21-35(22-26-37)33-13-5-2-6-14-33)38-27-28-40-42-29-30-46-48(43-17-9-10-18-45(43)50-46)47(42)41-16-8-7-15-39(41)44(40)31-38/h1-31H/i7D,8D,9D,10D,15D,16D,17D,18D,27D,28D,29D,30D,31D. The third-order valence-electron chi connectivity index (χ3n) is 9.06. The van der Waals surface area contributed by atoms with E-state index in [-0.39, 0.29) is 66.0 Å². The summed E-state index contributed by atoms with van der Waals surface area (Å²) in [5, 5.41) is -1.34. The molecule has 2 nitrogen and oxygen atoms in total. The molecule has 0 N–H and O–H groups in total. The lowest BCUT2D eigenvalue weighted by Gasteiger charge is -2.27. The van der Waals surface area contributed by atoms with Gasteiger partial charge in [-0.2, -0.15) is 0 Å². The molecule has 0 aliphatic carbocycles. The fourth-order valence-electron chi connectivity index (χ4n) is 6.74. The lowest BCUT2D eigenvalue weighted by atomic mass is 9.91. The van der Waals surface area contributed by atoms with E-state index in [0.717, 1.165) is 22.3 Å². The van der Waals surface area contributed by atoms with E-state index in [1.54, 1.807) is 4.90 Å². The molecule has 1 heterocycles. The van der Waals surface area contributed by atoms with E-state index in [9.17, 15) is 8.22 Å². The number of para-hydroxylation sites is 1. The van der Waals surface area contributed by atoms with Crippen molar-refractivity contribution in [1.82, 2.24) is 0 Å². The van der Waals surface area contributed by atoms with Gasteiger partial charge in [0.2, 0.25) is 0 Å². The van der Waals surface area contributed by atoms with E-state index in [1.807, 2.05) is 109 Å². The average molecular weight is 651 g/mol. The van der Waals surface area contributed by atoms with Gasteiger partial charge in [0.1, 0.15) is 11.2 Å². The van der Waals surface area contributed by atoms with Crippen LogP contribution in [0.25, 0.3) is 76.5 Å². The number of benzene rings is 9. The maximum Gasteiger partial charge on any atom is 0.136 e. The number of anilines is 3. The quantitative estimate of drug-likeness (QED) is 0.172. The molecule has 0 unspecified atom stereocenters. The third-order valence-corrected chi connectivity index (χ3v) is 9.06. The SMILES string of the molecule is [2H]c1c([2H])c([2H])c2c(oc3c([2H])c([2H])c4c5c([2H])c([2H])c(N(c6ccc(-c7ccccc7)cc6)c6ccc(-c7ccccc7)cc6)c([2H])c5c5c([2H])c([2H])c([2H])c([2H])c5c4c32)c1[2H]. The molecular formula is C48H31NO. The minimum absolute atomic E-state index is 0.0814. The Hall–Kier alpha value is -6.64. The molecule has 10 rings (SSSR count). The van der Waals surface area contributed by atoms with Crippen molar-refractivity contribution in [3.8, 4) is 22.3 Å². The predicted octanol–water partition coefficient (Wildman–Crippen LogP) is 13.8. The number of nitrogens with zero attached hydrogens (tertiary/aromatic N) is 1. The normalized spacial score (nSPS) is 15.2. The van der Waals surface area contributed by atoms with Gasteiger partial charge in [-0.1, -0.05) is 133 Å².